The van der Waals surface area contributed by atoms with Crippen LogP contribution in [0.25, 0.3) is 0 Å². The Kier molecular flexibility index (Phi) is 3.79. The Morgan fingerprint density at radius 2 is 1.88 bits per heavy atom. The second-order valence-electron chi connectivity index (χ2n) is 3.37. The van der Waals surface area contributed by atoms with Gasteiger partial charge < -0.3 is 10.5 Å². The van der Waals surface area contributed by atoms with Gasteiger partial charge >= 0.3 is 0 Å². The normalized spacial score (nSPS) is 10.1. The molecule has 2 nitrogen and oxygen atoms in total. The third-order valence-corrected chi connectivity index (χ3v) is 2.89. The Hall–Kier alpha value is -1.07. The summed E-state index contributed by atoms with van der Waals surface area (Å²) in [6, 6.07) is 15.8. The van der Waals surface area contributed by atoms with Gasteiger partial charge in [-0.15, -0.1) is 0 Å². The average molecular weight is 325 g/mol. The van der Waals surface area contributed by atoms with Crippen molar-refractivity contribution < 1.29 is 4.74 Å². The molecule has 2 aromatic carbocycles. The predicted molar refractivity (Wildman–Crippen MR) is 73.6 cm³/mol. The number of nitrogens with two attached hydrogens (primary N) is 1. The van der Waals surface area contributed by atoms with Gasteiger partial charge in [0.15, 0.2) is 0 Å². The third kappa shape index (κ3) is 2.74. The fraction of sp³-hybridized carbons (Fsp3) is 0.0769. The van der Waals surface area contributed by atoms with Gasteiger partial charge in [0.1, 0.15) is 11.5 Å². The maximum absolute atomic E-state index is 5.80. The van der Waals surface area contributed by atoms with Crippen LogP contribution in [-0.4, -0.2) is 0 Å². The number of hydrogen-bond donors (Lipinski definition) is 1. The molecule has 0 heterocycles. The molecule has 0 unspecified atom stereocenters. The van der Waals surface area contributed by atoms with E-state index in [1.165, 1.54) is 0 Å². The Morgan fingerprint density at radius 3 is 2.62 bits per heavy atom. The minimum Gasteiger partial charge on any atom is -0.457 e. The fourth-order valence-electron chi connectivity index (χ4n) is 1.43. The summed E-state index contributed by atoms with van der Waals surface area (Å²) in [5, 5.41) is 0. The molecule has 0 saturated carbocycles. The monoisotopic (exact) mass is 325 g/mol. The summed E-state index contributed by atoms with van der Waals surface area (Å²) in [5.41, 5.74) is 6.67. The fourth-order valence-corrected chi connectivity index (χ4v) is 1.94. The van der Waals surface area contributed by atoms with Crippen molar-refractivity contribution >= 4 is 22.6 Å². The molecular formula is C13H12INO. The molecule has 0 amide bonds. The van der Waals surface area contributed by atoms with Gasteiger partial charge in [-0.1, -0.05) is 24.3 Å². The van der Waals surface area contributed by atoms with Crippen molar-refractivity contribution in [3.8, 4) is 11.5 Å². The summed E-state index contributed by atoms with van der Waals surface area (Å²) in [6.07, 6.45) is 0. The van der Waals surface area contributed by atoms with E-state index in [-0.39, 0.29) is 0 Å². The predicted octanol–water partition coefficient (Wildman–Crippen LogP) is 3.54. The summed E-state index contributed by atoms with van der Waals surface area (Å²) < 4.78 is 6.95. The summed E-state index contributed by atoms with van der Waals surface area (Å²) in [5.74, 6) is 1.67. The molecule has 0 fully saturated rings. The second kappa shape index (κ2) is 5.32. The molecule has 0 aromatic heterocycles. The van der Waals surface area contributed by atoms with Crippen LogP contribution >= 0.6 is 22.6 Å². The number of rotatable bonds is 3. The van der Waals surface area contributed by atoms with Crippen LogP contribution in [0.15, 0.2) is 48.5 Å². The lowest BCUT2D eigenvalue weighted by atomic mass is 10.2. The topological polar surface area (TPSA) is 35.2 Å². The highest BCUT2D eigenvalue weighted by atomic mass is 127. The first-order valence-corrected chi connectivity index (χ1v) is 6.09. The van der Waals surface area contributed by atoms with Crippen LogP contribution < -0.4 is 10.5 Å². The van der Waals surface area contributed by atoms with Crippen molar-refractivity contribution in [3.63, 3.8) is 0 Å². The Morgan fingerprint density at radius 1 is 1.06 bits per heavy atom. The Bertz CT molecular complexity index is 485. The van der Waals surface area contributed by atoms with Gasteiger partial charge in [-0.3, -0.25) is 0 Å². The minimum atomic E-state index is 0.486. The molecule has 0 radical (unpaired) electrons. The molecule has 0 atom stereocenters. The number of para-hydroxylation sites is 1. The molecule has 0 aliphatic heterocycles. The lowest BCUT2D eigenvalue weighted by Crippen LogP contribution is -1.98. The molecule has 0 aliphatic carbocycles. The van der Waals surface area contributed by atoms with E-state index in [0.717, 1.165) is 20.6 Å². The summed E-state index contributed by atoms with van der Waals surface area (Å²) in [7, 11) is 0. The Labute approximate surface area is 109 Å². The van der Waals surface area contributed by atoms with Crippen molar-refractivity contribution in [3.05, 3.63) is 57.7 Å². The first-order chi connectivity index (χ1) is 7.79. The van der Waals surface area contributed by atoms with Crippen LogP contribution in [0.2, 0.25) is 0 Å². The molecule has 82 valence electrons. The van der Waals surface area contributed by atoms with E-state index < -0.39 is 0 Å². The molecule has 0 aliphatic rings. The number of ether oxygens (including phenoxy) is 1. The quantitative estimate of drug-likeness (QED) is 0.876. The third-order valence-electron chi connectivity index (χ3n) is 2.22. The van der Waals surface area contributed by atoms with Crippen molar-refractivity contribution in [1.29, 1.82) is 0 Å². The number of benzene rings is 2. The van der Waals surface area contributed by atoms with E-state index >= 15 is 0 Å². The van der Waals surface area contributed by atoms with Crippen molar-refractivity contribution in [2.45, 2.75) is 6.54 Å². The summed E-state index contributed by atoms with van der Waals surface area (Å²) in [4.78, 5) is 0. The van der Waals surface area contributed by atoms with Gasteiger partial charge in [-0.25, -0.2) is 0 Å². The molecule has 2 N–H and O–H groups in total. The van der Waals surface area contributed by atoms with Crippen molar-refractivity contribution in [2.24, 2.45) is 5.73 Å². The maximum atomic E-state index is 5.80. The average Bonchev–Trinajstić information content (AvgIpc) is 2.30. The molecule has 3 heteroatoms. The first kappa shape index (κ1) is 11.4. The lowest BCUT2D eigenvalue weighted by molar-refractivity contribution is 0.476. The SMILES string of the molecule is NCc1ccccc1Oc1cccc(I)c1. The van der Waals surface area contributed by atoms with Gasteiger partial charge in [-0.2, -0.15) is 0 Å². The summed E-state index contributed by atoms with van der Waals surface area (Å²) in [6.45, 7) is 0.486. The van der Waals surface area contributed by atoms with Crippen molar-refractivity contribution in [1.82, 2.24) is 0 Å². The highest BCUT2D eigenvalue weighted by molar-refractivity contribution is 14.1. The smallest absolute Gasteiger partial charge is 0.131 e. The van der Waals surface area contributed by atoms with E-state index in [1.807, 2.05) is 48.5 Å². The number of halogens is 1. The van der Waals surface area contributed by atoms with Gasteiger partial charge in [0.25, 0.3) is 0 Å². The molecule has 2 rings (SSSR count). The standard InChI is InChI=1S/C13H12INO/c14-11-5-3-6-12(8-11)16-13-7-2-1-4-10(13)9-15/h1-8H,9,15H2. The van der Waals surface area contributed by atoms with Crippen LogP contribution in [-0.2, 0) is 6.54 Å². The molecule has 0 spiro atoms. The van der Waals surface area contributed by atoms with Crippen LogP contribution in [0, 0.1) is 3.57 Å². The van der Waals surface area contributed by atoms with E-state index in [1.54, 1.807) is 0 Å². The van der Waals surface area contributed by atoms with Crippen LogP contribution in [0.4, 0.5) is 0 Å². The van der Waals surface area contributed by atoms with Crippen LogP contribution in [0.5, 0.6) is 11.5 Å². The van der Waals surface area contributed by atoms with Gasteiger partial charge in [0, 0.05) is 15.7 Å². The second-order valence-corrected chi connectivity index (χ2v) is 4.62. The maximum Gasteiger partial charge on any atom is 0.131 e. The first-order valence-electron chi connectivity index (χ1n) is 5.01. The zero-order valence-electron chi connectivity index (χ0n) is 8.69. The van der Waals surface area contributed by atoms with Gasteiger partial charge in [-0.05, 0) is 46.9 Å². The minimum absolute atomic E-state index is 0.486. The van der Waals surface area contributed by atoms with E-state index in [2.05, 4.69) is 22.6 Å². The van der Waals surface area contributed by atoms with E-state index in [0.29, 0.717) is 6.54 Å². The van der Waals surface area contributed by atoms with Crippen LogP contribution in [0.3, 0.4) is 0 Å². The molecule has 16 heavy (non-hydrogen) atoms. The summed E-state index contributed by atoms with van der Waals surface area (Å²) >= 11 is 2.26. The number of hydrogen-bond acceptors (Lipinski definition) is 2. The van der Waals surface area contributed by atoms with E-state index in [4.69, 9.17) is 10.5 Å². The zero-order chi connectivity index (χ0) is 11.4. The largest absolute Gasteiger partial charge is 0.457 e. The van der Waals surface area contributed by atoms with Crippen molar-refractivity contribution in [2.75, 3.05) is 0 Å². The molecule has 0 saturated heterocycles. The van der Waals surface area contributed by atoms with E-state index in [9.17, 15) is 0 Å². The Balaban J connectivity index is 2.26. The zero-order valence-corrected chi connectivity index (χ0v) is 10.8. The lowest BCUT2D eigenvalue weighted by Gasteiger charge is -2.09. The van der Waals surface area contributed by atoms with Gasteiger partial charge in [0.05, 0.1) is 0 Å². The van der Waals surface area contributed by atoms with Crippen LogP contribution in [0.1, 0.15) is 5.56 Å². The van der Waals surface area contributed by atoms with Gasteiger partial charge in [0.2, 0.25) is 0 Å². The highest BCUT2D eigenvalue weighted by Gasteiger charge is 2.02. The molecule has 0 bridgehead atoms. The molecule has 2 aromatic rings. The molecular weight excluding hydrogens is 313 g/mol. The highest BCUT2D eigenvalue weighted by Crippen LogP contribution is 2.25.